The van der Waals surface area contributed by atoms with Crippen LogP contribution in [0.5, 0.6) is 11.5 Å². The molecule has 138 valence electrons. The highest BCUT2D eigenvalue weighted by Gasteiger charge is 2.35. The Hall–Kier alpha value is -2.70. The average Bonchev–Trinajstić information content (AvgIpc) is 2.65. The third kappa shape index (κ3) is 3.61. The van der Waals surface area contributed by atoms with Gasteiger partial charge in [-0.05, 0) is 25.1 Å². The number of rotatable bonds is 4. The maximum Gasteiger partial charge on any atom is 0.417 e. The normalized spacial score (nSPS) is 13.4. The first-order chi connectivity index (χ1) is 12.4. The van der Waals surface area contributed by atoms with Crippen LogP contribution in [0.4, 0.5) is 13.2 Å². The lowest BCUT2D eigenvalue weighted by Gasteiger charge is -2.26. The summed E-state index contributed by atoms with van der Waals surface area (Å²) in [4.78, 5) is 14.1. The lowest BCUT2D eigenvalue weighted by atomic mass is 10.0. The van der Waals surface area contributed by atoms with E-state index >= 15 is 0 Å². The summed E-state index contributed by atoms with van der Waals surface area (Å²) in [6, 6.07) is 10.1. The molecule has 0 aromatic heterocycles. The van der Waals surface area contributed by atoms with E-state index in [2.05, 4.69) is 0 Å². The van der Waals surface area contributed by atoms with Crippen LogP contribution in [-0.4, -0.2) is 30.6 Å². The van der Waals surface area contributed by atoms with Gasteiger partial charge >= 0.3 is 6.18 Å². The van der Waals surface area contributed by atoms with Crippen molar-refractivity contribution in [2.45, 2.75) is 19.6 Å². The third-order valence-corrected chi connectivity index (χ3v) is 4.14. The van der Waals surface area contributed by atoms with Crippen LogP contribution < -0.4 is 9.47 Å². The number of fused-ring (bicyclic) bond motifs is 1. The Morgan fingerprint density at radius 2 is 1.81 bits per heavy atom. The zero-order valence-electron chi connectivity index (χ0n) is 14.2. The van der Waals surface area contributed by atoms with Gasteiger partial charge in [0.05, 0.1) is 11.1 Å². The van der Waals surface area contributed by atoms with Crippen molar-refractivity contribution in [3.63, 3.8) is 0 Å². The summed E-state index contributed by atoms with van der Waals surface area (Å²) >= 11 is 0. The van der Waals surface area contributed by atoms with Gasteiger partial charge in [-0.1, -0.05) is 24.3 Å². The molecular formula is C19H18F3NO3. The zero-order chi connectivity index (χ0) is 18.7. The Kier molecular flexibility index (Phi) is 5.06. The summed E-state index contributed by atoms with van der Waals surface area (Å²) in [5.74, 6) is 0.441. The number of carbonyl (C=O) groups is 1. The molecule has 0 fully saturated rings. The molecule has 0 aliphatic carbocycles. The summed E-state index contributed by atoms with van der Waals surface area (Å²) in [7, 11) is 0. The molecule has 0 spiro atoms. The second-order valence-electron chi connectivity index (χ2n) is 5.80. The number of halogens is 3. The predicted octanol–water partition coefficient (Wildman–Crippen LogP) is 4.14. The Balaban J connectivity index is 1.90. The van der Waals surface area contributed by atoms with Crippen LogP contribution in [0.25, 0.3) is 0 Å². The third-order valence-electron chi connectivity index (χ3n) is 4.14. The number of alkyl halides is 3. The number of ether oxygens (including phenoxy) is 2. The molecule has 0 saturated carbocycles. The molecule has 0 N–H and O–H groups in total. The number of nitrogens with zero attached hydrogens (tertiary/aromatic N) is 1. The van der Waals surface area contributed by atoms with Crippen LogP contribution in [0.15, 0.2) is 42.5 Å². The van der Waals surface area contributed by atoms with E-state index in [1.807, 2.05) is 0 Å². The first-order valence-corrected chi connectivity index (χ1v) is 8.24. The number of carbonyl (C=O) groups excluding carboxylic acids is 1. The molecular weight excluding hydrogens is 347 g/mol. The smallest absolute Gasteiger partial charge is 0.417 e. The molecule has 0 atom stereocenters. The van der Waals surface area contributed by atoms with E-state index in [1.54, 1.807) is 25.1 Å². The molecule has 0 unspecified atom stereocenters. The average molecular weight is 365 g/mol. The predicted molar refractivity (Wildman–Crippen MR) is 89.3 cm³/mol. The molecule has 0 saturated heterocycles. The van der Waals surface area contributed by atoms with Crippen molar-refractivity contribution in [1.82, 2.24) is 4.90 Å². The Bertz CT molecular complexity index is 805. The highest BCUT2D eigenvalue weighted by atomic mass is 19.4. The van der Waals surface area contributed by atoms with Gasteiger partial charge in [0.15, 0.2) is 11.5 Å². The van der Waals surface area contributed by atoms with Crippen molar-refractivity contribution >= 4 is 5.91 Å². The van der Waals surface area contributed by atoms with Gasteiger partial charge in [-0.25, -0.2) is 0 Å². The Morgan fingerprint density at radius 1 is 1.08 bits per heavy atom. The summed E-state index contributed by atoms with van der Waals surface area (Å²) in [5, 5.41) is 0. The number of benzene rings is 2. The molecule has 7 heteroatoms. The first kappa shape index (κ1) is 18.1. The van der Waals surface area contributed by atoms with Gasteiger partial charge in [0.2, 0.25) is 0 Å². The summed E-state index contributed by atoms with van der Waals surface area (Å²) in [6.07, 6.45) is -4.59. The van der Waals surface area contributed by atoms with Crippen molar-refractivity contribution in [3.8, 4) is 11.5 Å². The molecule has 1 aliphatic rings. The lowest BCUT2D eigenvalue weighted by Crippen LogP contribution is -2.32. The van der Waals surface area contributed by atoms with Gasteiger partial charge in [0.25, 0.3) is 5.91 Å². The quantitative estimate of drug-likeness (QED) is 0.818. The van der Waals surface area contributed by atoms with E-state index in [0.29, 0.717) is 30.3 Å². The highest BCUT2D eigenvalue weighted by Crippen LogP contribution is 2.35. The largest absolute Gasteiger partial charge is 0.486 e. The van der Waals surface area contributed by atoms with Crippen LogP contribution >= 0.6 is 0 Å². The van der Waals surface area contributed by atoms with E-state index in [0.717, 1.165) is 6.07 Å². The lowest BCUT2D eigenvalue weighted by molar-refractivity contribution is -0.138. The van der Waals surface area contributed by atoms with Gasteiger partial charge in [-0.2, -0.15) is 13.2 Å². The van der Waals surface area contributed by atoms with E-state index < -0.39 is 17.6 Å². The molecule has 26 heavy (non-hydrogen) atoms. The van der Waals surface area contributed by atoms with Gasteiger partial charge in [-0.3, -0.25) is 4.79 Å². The molecule has 0 radical (unpaired) electrons. The van der Waals surface area contributed by atoms with Crippen LogP contribution in [0, 0.1) is 0 Å². The van der Waals surface area contributed by atoms with Crippen LogP contribution in [0.2, 0.25) is 0 Å². The zero-order valence-corrected chi connectivity index (χ0v) is 14.2. The van der Waals surface area contributed by atoms with Gasteiger partial charge < -0.3 is 14.4 Å². The minimum Gasteiger partial charge on any atom is -0.486 e. The molecule has 1 heterocycles. The molecule has 4 nitrogen and oxygen atoms in total. The summed E-state index contributed by atoms with van der Waals surface area (Å²) in [5.41, 5.74) is -0.594. The fourth-order valence-electron chi connectivity index (χ4n) is 2.88. The highest BCUT2D eigenvalue weighted by molar-refractivity contribution is 5.96. The fourth-order valence-corrected chi connectivity index (χ4v) is 2.88. The van der Waals surface area contributed by atoms with Crippen molar-refractivity contribution < 1.29 is 27.4 Å². The van der Waals surface area contributed by atoms with E-state index in [-0.39, 0.29) is 18.7 Å². The monoisotopic (exact) mass is 365 g/mol. The van der Waals surface area contributed by atoms with Crippen molar-refractivity contribution in [2.24, 2.45) is 0 Å². The Labute approximate surface area is 149 Å². The second-order valence-corrected chi connectivity index (χ2v) is 5.80. The number of hydrogen-bond donors (Lipinski definition) is 0. The molecule has 3 rings (SSSR count). The van der Waals surface area contributed by atoms with E-state index in [4.69, 9.17) is 9.47 Å². The van der Waals surface area contributed by atoms with E-state index in [1.165, 1.54) is 23.1 Å². The van der Waals surface area contributed by atoms with Crippen molar-refractivity contribution in [2.75, 3.05) is 19.8 Å². The second kappa shape index (κ2) is 7.27. The maximum atomic E-state index is 13.2. The van der Waals surface area contributed by atoms with Crippen LogP contribution in [-0.2, 0) is 12.7 Å². The van der Waals surface area contributed by atoms with Crippen molar-refractivity contribution in [3.05, 3.63) is 59.2 Å². The topological polar surface area (TPSA) is 38.8 Å². The molecule has 1 aliphatic heterocycles. The van der Waals surface area contributed by atoms with E-state index in [9.17, 15) is 18.0 Å². The fraction of sp³-hybridized carbons (Fsp3) is 0.316. The Morgan fingerprint density at radius 3 is 2.54 bits per heavy atom. The summed E-state index contributed by atoms with van der Waals surface area (Å²) < 4.78 is 50.8. The SMILES string of the molecule is CCN(Cc1cccc2c1OCCO2)C(=O)c1ccccc1C(F)(F)F. The molecule has 2 aromatic carbocycles. The maximum absolute atomic E-state index is 13.2. The van der Waals surface area contributed by atoms with Crippen LogP contribution in [0.3, 0.4) is 0 Å². The van der Waals surface area contributed by atoms with Crippen LogP contribution in [0.1, 0.15) is 28.4 Å². The summed E-state index contributed by atoms with van der Waals surface area (Å²) in [6.45, 7) is 2.94. The minimum atomic E-state index is -4.59. The number of amides is 1. The van der Waals surface area contributed by atoms with Gasteiger partial charge in [0, 0.05) is 18.7 Å². The number of para-hydroxylation sites is 1. The number of hydrogen-bond acceptors (Lipinski definition) is 3. The van der Waals surface area contributed by atoms with Crippen molar-refractivity contribution in [1.29, 1.82) is 0 Å². The first-order valence-electron chi connectivity index (χ1n) is 8.24. The molecule has 2 aromatic rings. The molecule has 0 bridgehead atoms. The standard InChI is InChI=1S/C19H18F3NO3/c1-2-23(12-13-6-5-9-16-17(13)26-11-10-25-16)18(24)14-7-3-4-8-15(14)19(20,21)22/h3-9H,2,10-12H2,1H3. The molecule has 1 amide bonds. The van der Waals surface area contributed by atoms with Gasteiger partial charge in [-0.15, -0.1) is 0 Å². The minimum absolute atomic E-state index is 0.133. The van der Waals surface area contributed by atoms with Gasteiger partial charge in [0.1, 0.15) is 13.2 Å².